The summed E-state index contributed by atoms with van der Waals surface area (Å²) in [5.41, 5.74) is 1.11. The van der Waals surface area contributed by atoms with Crippen LogP contribution in [0.25, 0.3) is 10.9 Å². The number of piperazine rings is 1. The Hall–Kier alpha value is -3.45. The number of carbonyl (C=O) groups is 1. The number of rotatable bonds is 6. The summed E-state index contributed by atoms with van der Waals surface area (Å²) in [6.07, 6.45) is 2.91. The van der Waals surface area contributed by atoms with Crippen molar-refractivity contribution in [2.45, 2.75) is 13.1 Å². The van der Waals surface area contributed by atoms with Gasteiger partial charge in [-0.1, -0.05) is 36.4 Å². The first-order chi connectivity index (χ1) is 15.0. The summed E-state index contributed by atoms with van der Waals surface area (Å²) in [5, 5.41) is 9.39. The Kier molecular flexibility index (Phi) is 5.86. The molecule has 0 spiro atoms. The number of hydrogen-bond donors (Lipinski definition) is 1. The molecule has 0 unspecified atom stereocenters. The van der Waals surface area contributed by atoms with Crippen LogP contribution >= 0.6 is 0 Å². The highest BCUT2D eigenvalue weighted by atomic mass is 19.1. The zero-order valence-electron chi connectivity index (χ0n) is 17.1. The van der Waals surface area contributed by atoms with Gasteiger partial charge in [0.1, 0.15) is 11.4 Å². The Labute approximate surface area is 179 Å². The molecule has 0 aliphatic carbocycles. The molecule has 1 aliphatic rings. The average Bonchev–Trinajstić information content (AvgIpc) is 2.77. The molecule has 7 heteroatoms. The third-order valence-electron chi connectivity index (χ3n) is 5.67. The molecular weight excluding hydrogens is 397 g/mol. The second-order valence-electron chi connectivity index (χ2n) is 7.69. The number of allylic oxidation sites excluding steroid dienone is 1. The molecule has 0 saturated carbocycles. The van der Waals surface area contributed by atoms with Crippen LogP contribution in [0.4, 0.5) is 10.1 Å². The number of hydrogen-bond acceptors (Lipinski definition) is 4. The fraction of sp³-hybridized carbons (Fsp3) is 0.250. The molecule has 160 valence electrons. The maximum atomic E-state index is 15.0. The first kappa shape index (κ1) is 20.8. The first-order valence-electron chi connectivity index (χ1n) is 10.2. The van der Waals surface area contributed by atoms with Crippen LogP contribution < -0.4 is 10.3 Å². The highest BCUT2D eigenvalue weighted by Gasteiger charge is 2.22. The number of nitrogens with zero attached hydrogens (tertiary/aromatic N) is 3. The Bertz CT molecular complexity index is 1180. The Morgan fingerprint density at radius 3 is 2.48 bits per heavy atom. The lowest BCUT2D eigenvalue weighted by atomic mass is 10.1. The number of benzene rings is 2. The van der Waals surface area contributed by atoms with Gasteiger partial charge in [-0.2, -0.15) is 0 Å². The number of aromatic nitrogens is 1. The molecule has 2 aromatic carbocycles. The van der Waals surface area contributed by atoms with Crippen LogP contribution in [0.15, 0.2) is 66.1 Å². The summed E-state index contributed by atoms with van der Waals surface area (Å²) in [7, 11) is 0. The Morgan fingerprint density at radius 1 is 1.13 bits per heavy atom. The van der Waals surface area contributed by atoms with Crippen molar-refractivity contribution < 1.29 is 14.3 Å². The summed E-state index contributed by atoms with van der Waals surface area (Å²) < 4.78 is 16.6. The van der Waals surface area contributed by atoms with Gasteiger partial charge in [0.25, 0.3) is 0 Å². The lowest BCUT2D eigenvalue weighted by Crippen LogP contribution is -2.46. The van der Waals surface area contributed by atoms with E-state index in [1.807, 2.05) is 23.1 Å². The lowest BCUT2D eigenvalue weighted by Gasteiger charge is -2.36. The van der Waals surface area contributed by atoms with Crippen molar-refractivity contribution in [3.63, 3.8) is 0 Å². The molecule has 1 aliphatic heterocycles. The summed E-state index contributed by atoms with van der Waals surface area (Å²) in [4.78, 5) is 28.3. The number of halogens is 1. The van der Waals surface area contributed by atoms with E-state index in [1.54, 1.807) is 16.7 Å². The van der Waals surface area contributed by atoms with Gasteiger partial charge in [-0.3, -0.25) is 9.69 Å². The van der Waals surface area contributed by atoms with Crippen LogP contribution in [0.3, 0.4) is 0 Å². The maximum absolute atomic E-state index is 15.0. The predicted octanol–water partition coefficient (Wildman–Crippen LogP) is 3.35. The molecule has 0 bridgehead atoms. The molecule has 0 amide bonds. The van der Waals surface area contributed by atoms with Gasteiger partial charge in [0.15, 0.2) is 0 Å². The molecule has 1 N–H and O–H groups in total. The third-order valence-corrected chi connectivity index (χ3v) is 5.67. The predicted molar refractivity (Wildman–Crippen MR) is 119 cm³/mol. The third kappa shape index (κ3) is 4.22. The van der Waals surface area contributed by atoms with E-state index in [-0.39, 0.29) is 10.9 Å². The van der Waals surface area contributed by atoms with Gasteiger partial charge in [-0.05, 0) is 17.7 Å². The van der Waals surface area contributed by atoms with Crippen molar-refractivity contribution in [3.8, 4) is 0 Å². The zero-order chi connectivity index (χ0) is 22.0. The van der Waals surface area contributed by atoms with Crippen molar-refractivity contribution >= 4 is 22.6 Å². The topological polar surface area (TPSA) is 65.8 Å². The Balaban J connectivity index is 1.63. The molecule has 3 aromatic rings. The number of carboxylic acids is 1. The molecule has 31 heavy (non-hydrogen) atoms. The largest absolute Gasteiger partial charge is 0.477 e. The van der Waals surface area contributed by atoms with E-state index >= 15 is 4.39 Å². The second-order valence-corrected chi connectivity index (χ2v) is 7.69. The van der Waals surface area contributed by atoms with Crippen LogP contribution in [-0.2, 0) is 13.1 Å². The quantitative estimate of drug-likeness (QED) is 0.619. The van der Waals surface area contributed by atoms with E-state index < -0.39 is 17.2 Å². The summed E-state index contributed by atoms with van der Waals surface area (Å²) in [6.45, 7) is 7.77. The van der Waals surface area contributed by atoms with Gasteiger partial charge in [-0.25, -0.2) is 9.18 Å². The minimum absolute atomic E-state index is 0.0608. The molecular formula is C24H24FN3O3. The lowest BCUT2D eigenvalue weighted by molar-refractivity contribution is 0.0695. The molecule has 6 nitrogen and oxygen atoms in total. The minimum atomic E-state index is -1.33. The van der Waals surface area contributed by atoms with Crippen LogP contribution in [0.5, 0.6) is 0 Å². The molecule has 4 rings (SSSR count). The van der Waals surface area contributed by atoms with Gasteiger partial charge >= 0.3 is 5.97 Å². The Morgan fingerprint density at radius 2 is 1.84 bits per heavy atom. The second kappa shape index (κ2) is 8.73. The van der Waals surface area contributed by atoms with Gasteiger partial charge < -0.3 is 14.6 Å². The summed E-state index contributed by atoms with van der Waals surface area (Å²) in [6, 6.07) is 13.0. The molecule has 1 fully saturated rings. The van der Waals surface area contributed by atoms with Crippen molar-refractivity contribution in [1.82, 2.24) is 9.47 Å². The van der Waals surface area contributed by atoms with Crippen LogP contribution in [0.2, 0.25) is 0 Å². The smallest absolute Gasteiger partial charge is 0.341 e. The van der Waals surface area contributed by atoms with Gasteiger partial charge in [0.05, 0.1) is 11.2 Å². The van der Waals surface area contributed by atoms with Crippen molar-refractivity contribution in [1.29, 1.82) is 0 Å². The highest BCUT2D eigenvalue weighted by Crippen LogP contribution is 2.26. The average molecular weight is 421 g/mol. The fourth-order valence-corrected chi connectivity index (χ4v) is 4.07. The highest BCUT2D eigenvalue weighted by molar-refractivity contribution is 5.93. The van der Waals surface area contributed by atoms with Crippen molar-refractivity contribution in [2.75, 3.05) is 31.1 Å². The number of anilines is 1. The van der Waals surface area contributed by atoms with Gasteiger partial charge in [0.2, 0.25) is 5.43 Å². The van der Waals surface area contributed by atoms with Gasteiger partial charge in [0, 0.05) is 50.9 Å². The SMILES string of the molecule is C=CCn1cc(C(=O)O)c(=O)c2cc(F)c(N3CCN(Cc4ccccc4)CC3)cc21. The van der Waals surface area contributed by atoms with Gasteiger partial charge in [-0.15, -0.1) is 6.58 Å². The standard InChI is InChI=1S/C24H24FN3O3/c1-2-8-28-16-19(24(30)31)23(29)18-13-20(25)22(14-21(18)28)27-11-9-26(10-12-27)15-17-6-4-3-5-7-17/h2-7,13-14,16H,1,8-12,15H2,(H,30,31). The number of pyridine rings is 1. The fourth-order valence-electron chi connectivity index (χ4n) is 4.07. The number of fused-ring (bicyclic) bond motifs is 1. The molecule has 2 heterocycles. The molecule has 0 atom stereocenters. The zero-order valence-corrected chi connectivity index (χ0v) is 17.1. The minimum Gasteiger partial charge on any atom is -0.477 e. The van der Waals surface area contributed by atoms with E-state index in [9.17, 15) is 14.7 Å². The normalized spacial score (nSPS) is 14.7. The summed E-state index contributed by atoms with van der Waals surface area (Å²) >= 11 is 0. The monoisotopic (exact) mass is 421 g/mol. The van der Waals surface area contributed by atoms with Crippen molar-refractivity contribution in [3.05, 3.63) is 88.5 Å². The van der Waals surface area contributed by atoms with Crippen LogP contribution in [0, 0.1) is 5.82 Å². The van der Waals surface area contributed by atoms with Crippen LogP contribution in [0.1, 0.15) is 15.9 Å². The summed E-state index contributed by atoms with van der Waals surface area (Å²) in [5.74, 6) is -1.85. The van der Waals surface area contributed by atoms with E-state index in [0.717, 1.165) is 25.7 Å². The van der Waals surface area contributed by atoms with E-state index in [2.05, 4.69) is 23.6 Å². The van der Waals surface area contributed by atoms with E-state index in [0.29, 0.717) is 30.8 Å². The molecule has 0 radical (unpaired) electrons. The molecule has 1 aromatic heterocycles. The maximum Gasteiger partial charge on any atom is 0.341 e. The van der Waals surface area contributed by atoms with E-state index in [1.165, 1.54) is 11.8 Å². The van der Waals surface area contributed by atoms with Crippen molar-refractivity contribution in [2.24, 2.45) is 0 Å². The number of carboxylic acid groups (broad SMARTS) is 1. The first-order valence-corrected chi connectivity index (χ1v) is 10.2. The molecule has 1 saturated heterocycles. The van der Waals surface area contributed by atoms with E-state index in [4.69, 9.17) is 0 Å². The number of aromatic carboxylic acids is 1. The van der Waals surface area contributed by atoms with Crippen LogP contribution in [-0.4, -0.2) is 46.7 Å².